The average molecular weight is 441 g/mol. The van der Waals surface area contributed by atoms with Gasteiger partial charge >= 0.3 is 11.8 Å². The largest absolute Gasteiger partial charge is 0.360 e. The molecule has 1 aromatic carbocycles. The van der Waals surface area contributed by atoms with E-state index in [9.17, 15) is 18.0 Å². The molecule has 1 heterocycles. The maximum atomic E-state index is 13.4. The zero-order chi connectivity index (χ0) is 22.5. The van der Waals surface area contributed by atoms with Crippen LogP contribution >= 0.6 is 0 Å². The fourth-order valence-electron chi connectivity index (χ4n) is 3.53. The second kappa shape index (κ2) is 10.3. The third-order valence-corrected chi connectivity index (χ3v) is 7.01. The van der Waals surface area contributed by atoms with Crippen LogP contribution in [0.2, 0.25) is 0 Å². The molecule has 0 radical (unpaired) electrons. The van der Waals surface area contributed by atoms with Gasteiger partial charge in [-0.3, -0.25) is 9.59 Å². The molecule has 1 unspecified atom stereocenters. The molecule has 9 nitrogen and oxygen atoms in total. The van der Waals surface area contributed by atoms with Gasteiger partial charge in [0.15, 0.2) is 0 Å². The minimum absolute atomic E-state index is 0.108. The normalized spacial score (nSPS) is 17.7. The first-order valence-electron chi connectivity index (χ1n) is 9.96. The maximum absolute atomic E-state index is 13.4. The number of rotatable bonds is 7. The molecular weight excluding hydrogens is 408 g/mol. The standard InChI is InChI=1S/C20H32N4O5S/c1-14-11-15(2)18(16(3)12-14)30(27,28)24-8-6-10-29-17(24)13-22-20(26)19(25)21-7-9-23(4)5/h11-12,17H,6-10,13H2,1-5H3,(H,21,25)(H,22,26). The van der Waals surface area contributed by atoms with E-state index < -0.39 is 28.1 Å². The zero-order valence-electron chi connectivity index (χ0n) is 18.3. The summed E-state index contributed by atoms with van der Waals surface area (Å²) in [6, 6.07) is 3.67. The van der Waals surface area contributed by atoms with Gasteiger partial charge in [0.2, 0.25) is 10.0 Å². The van der Waals surface area contributed by atoms with Gasteiger partial charge in [0.05, 0.1) is 18.0 Å². The van der Waals surface area contributed by atoms with Crippen LogP contribution < -0.4 is 10.6 Å². The van der Waals surface area contributed by atoms with Crippen molar-refractivity contribution in [3.63, 3.8) is 0 Å². The molecule has 0 bridgehead atoms. The Bertz CT molecular complexity index is 862. The Balaban J connectivity index is 2.10. The van der Waals surface area contributed by atoms with Crippen LogP contribution in [0.4, 0.5) is 0 Å². The van der Waals surface area contributed by atoms with Crippen LogP contribution in [0.15, 0.2) is 17.0 Å². The maximum Gasteiger partial charge on any atom is 0.309 e. The van der Waals surface area contributed by atoms with Crippen LogP contribution in [0.25, 0.3) is 0 Å². The van der Waals surface area contributed by atoms with Gasteiger partial charge in [-0.1, -0.05) is 17.7 Å². The van der Waals surface area contributed by atoms with Crippen LogP contribution in [0.3, 0.4) is 0 Å². The molecule has 1 aromatic rings. The lowest BCUT2D eigenvalue weighted by molar-refractivity contribution is -0.140. The van der Waals surface area contributed by atoms with Crippen LogP contribution in [0, 0.1) is 20.8 Å². The van der Waals surface area contributed by atoms with Crippen molar-refractivity contribution in [1.29, 1.82) is 0 Å². The Kier molecular flexibility index (Phi) is 8.36. The second-order valence-corrected chi connectivity index (χ2v) is 9.62. The van der Waals surface area contributed by atoms with Crippen molar-refractivity contribution in [1.82, 2.24) is 19.8 Å². The highest BCUT2D eigenvalue weighted by atomic mass is 32.2. The van der Waals surface area contributed by atoms with E-state index in [0.717, 1.165) is 5.56 Å². The van der Waals surface area contributed by atoms with Crippen molar-refractivity contribution in [3.05, 3.63) is 28.8 Å². The monoisotopic (exact) mass is 440 g/mol. The predicted molar refractivity (Wildman–Crippen MR) is 113 cm³/mol. The number of hydrogen-bond donors (Lipinski definition) is 2. The zero-order valence-corrected chi connectivity index (χ0v) is 19.1. The number of amides is 2. The number of sulfonamides is 1. The summed E-state index contributed by atoms with van der Waals surface area (Å²) in [5.74, 6) is -1.57. The van der Waals surface area contributed by atoms with E-state index in [1.165, 1.54) is 4.31 Å². The smallest absolute Gasteiger partial charge is 0.309 e. The lowest BCUT2D eigenvalue weighted by atomic mass is 10.1. The van der Waals surface area contributed by atoms with Crippen molar-refractivity contribution < 1.29 is 22.7 Å². The minimum Gasteiger partial charge on any atom is -0.360 e. The van der Waals surface area contributed by atoms with Crippen molar-refractivity contribution in [2.45, 2.75) is 38.3 Å². The molecule has 0 spiro atoms. The van der Waals surface area contributed by atoms with Crippen molar-refractivity contribution >= 4 is 21.8 Å². The molecule has 1 aliphatic heterocycles. The van der Waals surface area contributed by atoms with Crippen molar-refractivity contribution in [2.24, 2.45) is 0 Å². The van der Waals surface area contributed by atoms with E-state index in [-0.39, 0.29) is 18.0 Å². The molecule has 0 aliphatic carbocycles. The Morgan fingerprint density at radius 3 is 2.33 bits per heavy atom. The lowest BCUT2D eigenvalue weighted by Crippen LogP contribution is -2.53. The summed E-state index contributed by atoms with van der Waals surface area (Å²) in [5.41, 5.74) is 2.32. The van der Waals surface area contributed by atoms with Crippen LogP contribution in [-0.2, 0) is 24.3 Å². The highest BCUT2D eigenvalue weighted by Crippen LogP contribution is 2.28. The quantitative estimate of drug-likeness (QED) is 0.584. The SMILES string of the molecule is Cc1cc(C)c(S(=O)(=O)N2CCCOC2CNC(=O)C(=O)NCCN(C)C)c(C)c1. The fraction of sp³-hybridized carbons (Fsp3) is 0.600. The van der Waals surface area contributed by atoms with E-state index in [4.69, 9.17) is 4.74 Å². The summed E-state index contributed by atoms with van der Waals surface area (Å²) >= 11 is 0. The molecule has 0 saturated carbocycles. The van der Waals surface area contributed by atoms with E-state index >= 15 is 0 Å². The lowest BCUT2D eigenvalue weighted by Gasteiger charge is -2.35. The van der Waals surface area contributed by atoms with Crippen LogP contribution in [0.5, 0.6) is 0 Å². The average Bonchev–Trinajstić information content (AvgIpc) is 2.64. The summed E-state index contributed by atoms with van der Waals surface area (Å²) in [5, 5.41) is 5.01. The van der Waals surface area contributed by atoms with E-state index in [1.54, 1.807) is 13.8 Å². The molecule has 1 aliphatic rings. The number of carbonyl (C=O) groups excluding carboxylic acids is 2. The molecule has 0 aromatic heterocycles. The predicted octanol–water partition coefficient (Wildman–Crippen LogP) is 0.143. The van der Waals surface area contributed by atoms with Gasteiger partial charge in [-0.25, -0.2) is 8.42 Å². The number of nitrogens with zero attached hydrogens (tertiary/aromatic N) is 2. The highest BCUT2D eigenvalue weighted by molar-refractivity contribution is 7.89. The van der Waals surface area contributed by atoms with Crippen molar-refractivity contribution in [2.75, 3.05) is 46.9 Å². The van der Waals surface area contributed by atoms with Crippen molar-refractivity contribution in [3.8, 4) is 0 Å². The summed E-state index contributed by atoms with van der Waals surface area (Å²) in [6.07, 6.45) is -0.319. The van der Waals surface area contributed by atoms with E-state index in [2.05, 4.69) is 10.6 Å². The molecule has 1 atom stereocenters. The van der Waals surface area contributed by atoms with E-state index in [0.29, 0.717) is 37.2 Å². The third-order valence-electron chi connectivity index (χ3n) is 4.81. The molecule has 10 heteroatoms. The minimum atomic E-state index is -3.83. The summed E-state index contributed by atoms with van der Waals surface area (Å²) in [4.78, 5) is 26.1. The Hall–Kier alpha value is -2.01. The molecule has 2 amide bonds. The van der Waals surface area contributed by atoms with Crippen LogP contribution in [0.1, 0.15) is 23.1 Å². The summed E-state index contributed by atoms with van der Waals surface area (Å²) in [7, 11) is -0.110. The Morgan fingerprint density at radius 2 is 1.73 bits per heavy atom. The third kappa shape index (κ3) is 6.00. The summed E-state index contributed by atoms with van der Waals surface area (Å²) in [6.45, 7) is 6.96. The summed E-state index contributed by atoms with van der Waals surface area (Å²) < 4.78 is 33.7. The van der Waals surface area contributed by atoms with Gasteiger partial charge < -0.3 is 20.3 Å². The van der Waals surface area contributed by atoms with E-state index in [1.807, 2.05) is 38.1 Å². The van der Waals surface area contributed by atoms with Gasteiger partial charge in [0.1, 0.15) is 6.23 Å². The number of ether oxygens (including phenoxy) is 1. The number of benzene rings is 1. The fourth-order valence-corrected chi connectivity index (χ4v) is 5.51. The first kappa shape index (κ1) is 24.3. The van der Waals surface area contributed by atoms with Gasteiger partial charge in [-0.15, -0.1) is 0 Å². The Labute approximate surface area is 178 Å². The molecule has 1 fully saturated rings. The van der Waals surface area contributed by atoms with Gasteiger partial charge in [0, 0.05) is 19.6 Å². The molecule has 1 saturated heterocycles. The first-order chi connectivity index (χ1) is 14.0. The topological polar surface area (TPSA) is 108 Å². The van der Waals surface area contributed by atoms with Gasteiger partial charge in [0.25, 0.3) is 0 Å². The number of likely N-dealkylation sites (N-methyl/N-ethyl adjacent to an activating group) is 1. The molecule has 168 valence electrons. The van der Waals surface area contributed by atoms with Gasteiger partial charge in [-0.05, 0) is 52.4 Å². The number of nitrogens with one attached hydrogen (secondary N) is 2. The molecule has 2 rings (SSSR count). The Morgan fingerprint density at radius 1 is 1.13 bits per heavy atom. The molecule has 2 N–H and O–H groups in total. The molecule has 30 heavy (non-hydrogen) atoms. The highest BCUT2D eigenvalue weighted by Gasteiger charge is 2.36. The number of aryl methyl sites for hydroxylation is 3. The van der Waals surface area contributed by atoms with Crippen LogP contribution in [-0.4, -0.2) is 82.5 Å². The number of carbonyl (C=O) groups is 2. The molecular formula is C20H32N4O5S. The van der Waals surface area contributed by atoms with Gasteiger partial charge in [-0.2, -0.15) is 4.31 Å². The second-order valence-electron chi connectivity index (χ2n) is 7.79. The number of hydrogen-bond acceptors (Lipinski definition) is 6. The first-order valence-corrected chi connectivity index (χ1v) is 11.4.